The zero-order valence-corrected chi connectivity index (χ0v) is 9.97. The molecule has 1 aromatic carbocycles. The number of hydrogen-bond acceptors (Lipinski definition) is 4. The number of methoxy groups -OCH3 is 1. The van der Waals surface area contributed by atoms with Crippen molar-refractivity contribution < 1.29 is 4.74 Å². The van der Waals surface area contributed by atoms with Gasteiger partial charge in [0.05, 0.1) is 18.4 Å². The number of aromatic nitrogens is 2. The van der Waals surface area contributed by atoms with Gasteiger partial charge in [0.1, 0.15) is 11.6 Å². The summed E-state index contributed by atoms with van der Waals surface area (Å²) in [5.74, 6) is 1.29. The topological polar surface area (TPSA) is 63.9 Å². The van der Waals surface area contributed by atoms with Crippen LogP contribution in [0.25, 0.3) is 11.3 Å². The lowest BCUT2D eigenvalue weighted by Crippen LogP contribution is -1.90. The van der Waals surface area contributed by atoms with Gasteiger partial charge in [-0.1, -0.05) is 6.07 Å². The molecule has 0 unspecified atom stereocenters. The van der Waals surface area contributed by atoms with Gasteiger partial charge in [0, 0.05) is 11.0 Å². The number of nitrogen functional groups attached to an aromatic ring is 1. The highest BCUT2D eigenvalue weighted by Gasteiger charge is 2.12. The number of aromatic amines is 1. The second-order valence-corrected chi connectivity index (χ2v) is 4.09. The van der Waals surface area contributed by atoms with Crippen molar-refractivity contribution in [3.05, 3.63) is 24.3 Å². The van der Waals surface area contributed by atoms with Crippen molar-refractivity contribution in [3.8, 4) is 17.0 Å². The fourth-order valence-electron chi connectivity index (χ4n) is 1.58. The highest BCUT2D eigenvalue weighted by Crippen LogP contribution is 2.37. The van der Waals surface area contributed by atoms with Crippen molar-refractivity contribution in [2.24, 2.45) is 0 Å². The van der Waals surface area contributed by atoms with Gasteiger partial charge in [-0.25, -0.2) is 0 Å². The lowest BCUT2D eigenvalue weighted by molar-refractivity contribution is 0.415. The number of ether oxygens (including phenoxy) is 1. The van der Waals surface area contributed by atoms with Crippen LogP contribution in [0.2, 0.25) is 0 Å². The molecule has 4 nitrogen and oxygen atoms in total. The van der Waals surface area contributed by atoms with Crippen LogP contribution in [0.4, 0.5) is 5.82 Å². The molecule has 0 amide bonds. The third-order valence-corrected chi connectivity index (χ3v) is 3.07. The number of nitrogens with zero attached hydrogens (tertiary/aromatic N) is 1. The summed E-state index contributed by atoms with van der Waals surface area (Å²) in [5.41, 5.74) is 7.48. The Hall–Kier alpha value is -1.62. The van der Waals surface area contributed by atoms with Crippen LogP contribution in [0.3, 0.4) is 0 Å². The lowest BCUT2D eigenvalue weighted by Gasteiger charge is -2.10. The van der Waals surface area contributed by atoms with Crippen LogP contribution in [-0.2, 0) is 0 Å². The maximum Gasteiger partial charge on any atom is 0.145 e. The Balaban J connectivity index is 2.60. The van der Waals surface area contributed by atoms with E-state index in [0.717, 1.165) is 21.9 Å². The van der Waals surface area contributed by atoms with Crippen LogP contribution in [0.15, 0.2) is 29.2 Å². The summed E-state index contributed by atoms with van der Waals surface area (Å²) >= 11 is 1.66. The normalized spacial score (nSPS) is 10.4. The number of thioether (sulfide) groups is 1. The number of benzene rings is 1. The van der Waals surface area contributed by atoms with E-state index in [1.54, 1.807) is 24.9 Å². The molecule has 1 heterocycles. The lowest BCUT2D eigenvalue weighted by atomic mass is 10.1. The van der Waals surface area contributed by atoms with E-state index in [9.17, 15) is 0 Å². The molecule has 0 bridgehead atoms. The van der Waals surface area contributed by atoms with Gasteiger partial charge in [-0.3, -0.25) is 5.10 Å². The van der Waals surface area contributed by atoms with Gasteiger partial charge in [-0.2, -0.15) is 5.10 Å². The van der Waals surface area contributed by atoms with Crippen LogP contribution in [-0.4, -0.2) is 23.6 Å². The third-order valence-electron chi connectivity index (χ3n) is 2.29. The number of rotatable bonds is 3. The van der Waals surface area contributed by atoms with Crippen molar-refractivity contribution in [1.29, 1.82) is 0 Å². The Kier molecular flexibility index (Phi) is 3.05. The standard InChI is InChI=1S/C11H13N3OS/c1-15-8-4-3-5-9(16-2)11(8)7-6-10(12)14-13-7/h3-6H,1-2H3,(H3,12,13,14). The number of anilines is 1. The molecule has 2 aromatic rings. The fourth-order valence-corrected chi connectivity index (χ4v) is 2.21. The third kappa shape index (κ3) is 1.86. The van der Waals surface area contributed by atoms with Crippen molar-refractivity contribution >= 4 is 17.6 Å². The molecule has 0 aliphatic carbocycles. The second-order valence-electron chi connectivity index (χ2n) is 3.24. The molecule has 0 aliphatic rings. The Morgan fingerprint density at radius 1 is 1.44 bits per heavy atom. The summed E-state index contributed by atoms with van der Waals surface area (Å²) in [4.78, 5) is 1.13. The Morgan fingerprint density at radius 2 is 2.25 bits per heavy atom. The highest BCUT2D eigenvalue weighted by atomic mass is 32.2. The molecule has 0 aliphatic heterocycles. The first-order valence-electron chi connectivity index (χ1n) is 4.78. The van der Waals surface area contributed by atoms with E-state index < -0.39 is 0 Å². The van der Waals surface area contributed by atoms with Crippen molar-refractivity contribution in [2.75, 3.05) is 19.1 Å². The summed E-state index contributed by atoms with van der Waals surface area (Å²) in [6, 6.07) is 7.73. The molecule has 0 fully saturated rings. The number of H-pyrrole nitrogens is 1. The van der Waals surface area contributed by atoms with Crippen LogP contribution in [0.5, 0.6) is 5.75 Å². The van der Waals surface area contributed by atoms with Crippen LogP contribution in [0, 0.1) is 0 Å². The van der Waals surface area contributed by atoms with Crippen molar-refractivity contribution in [3.63, 3.8) is 0 Å². The summed E-state index contributed by atoms with van der Waals surface area (Å²) in [6.07, 6.45) is 2.03. The summed E-state index contributed by atoms with van der Waals surface area (Å²) in [7, 11) is 1.66. The van der Waals surface area contributed by atoms with Gasteiger partial charge in [-0.05, 0) is 18.4 Å². The predicted molar refractivity (Wildman–Crippen MR) is 66.8 cm³/mol. The Morgan fingerprint density at radius 3 is 2.81 bits per heavy atom. The predicted octanol–water partition coefficient (Wildman–Crippen LogP) is 2.39. The van der Waals surface area contributed by atoms with Gasteiger partial charge in [0.25, 0.3) is 0 Å². The minimum atomic E-state index is 0.480. The average Bonchev–Trinajstić information content (AvgIpc) is 2.74. The Labute approximate surface area is 98.2 Å². The highest BCUT2D eigenvalue weighted by molar-refractivity contribution is 7.98. The van der Waals surface area contributed by atoms with Gasteiger partial charge in [0.15, 0.2) is 0 Å². The first-order chi connectivity index (χ1) is 7.76. The minimum absolute atomic E-state index is 0.480. The molecule has 2 rings (SSSR count). The molecule has 16 heavy (non-hydrogen) atoms. The van der Waals surface area contributed by atoms with E-state index in [-0.39, 0.29) is 0 Å². The van der Waals surface area contributed by atoms with Crippen molar-refractivity contribution in [1.82, 2.24) is 10.2 Å². The molecule has 3 N–H and O–H groups in total. The molecule has 0 spiro atoms. The van der Waals surface area contributed by atoms with E-state index in [4.69, 9.17) is 10.5 Å². The number of nitrogens with one attached hydrogen (secondary N) is 1. The van der Waals surface area contributed by atoms with E-state index in [0.29, 0.717) is 5.82 Å². The maximum absolute atomic E-state index is 5.61. The molecule has 0 atom stereocenters. The SMILES string of the molecule is COc1cccc(SC)c1-c1cc(N)n[nH]1. The zero-order valence-electron chi connectivity index (χ0n) is 9.15. The van der Waals surface area contributed by atoms with Crippen LogP contribution in [0.1, 0.15) is 0 Å². The van der Waals surface area contributed by atoms with E-state index in [2.05, 4.69) is 10.2 Å². The largest absolute Gasteiger partial charge is 0.496 e. The summed E-state index contributed by atoms with van der Waals surface area (Å²) in [5, 5.41) is 6.83. The molecule has 0 radical (unpaired) electrons. The van der Waals surface area contributed by atoms with Gasteiger partial charge >= 0.3 is 0 Å². The Bertz CT molecular complexity index is 473. The maximum atomic E-state index is 5.61. The molecule has 1 aromatic heterocycles. The quantitative estimate of drug-likeness (QED) is 0.802. The molecule has 84 valence electrons. The first-order valence-corrected chi connectivity index (χ1v) is 6.01. The monoisotopic (exact) mass is 235 g/mol. The van der Waals surface area contributed by atoms with Crippen LogP contribution >= 0.6 is 11.8 Å². The molecule has 0 saturated heterocycles. The van der Waals surface area contributed by atoms with Gasteiger partial charge in [0.2, 0.25) is 0 Å². The number of hydrogen-bond donors (Lipinski definition) is 2. The minimum Gasteiger partial charge on any atom is -0.496 e. The van der Waals surface area contributed by atoms with E-state index >= 15 is 0 Å². The first kappa shape index (κ1) is 10.9. The molecule has 5 heteroatoms. The number of nitrogens with two attached hydrogens (primary N) is 1. The summed E-state index contributed by atoms with van der Waals surface area (Å²) in [6.45, 7) is 0. The summed E-state index contributed by atoms with van der Waals surface area (Å²) < 4.78 is 5.35. The average molecular weight is 235 g/mol. The van der Waals surface area contributed by atoms with Crippen LogP contribution < -0.4 is 10.5 Å². The van der Waals surface area contributed by atoms with E-state index in [1.807, 2.05) is 24.5 Å². The molecular weight excluding hydrogens is 222 g/mol. The van der Waals surface area contributed by atoms with Gasteiger partial charge < -0.3 is 10.5 Å². The van der Waals surface area contributed by atoms with E-state index in [1.165, 1.54) is 0 Å². The van der Waals surface area contributed by atoms with Crippen molar-refractivity contribution in [2.45, 2.75) is 4.90 Å². The zero-order chi connectivity index (χ0) is 11.5. The smallest absolute Gasteiger partial charge is 0.145 e. The van der Waals surface area contributed by atoms with Gasteiger partial charge in [-0.15, -0.1) is 11.8 Å². The fraction of sp³-hybridized carbons (Fsp3) is 0.182. The second kappa shape index (κ2) is 4.49. The molecule has 0 saturated carbocycles. The molecular formula is C11H13N3OS.